The molecule has 0 atom stereocenters. The average molecular weight is 373 g/mol. The maximum absolute atomic E-state index is 12.6. The Morgan fingerprint density at radius 1 is 0.815 bits per heavy atom. The van der Waals surface area contributed by atoms with Crippen molar-refractivity contribution in [3.63, 3.8) is 0 Å². The van der Waals surface area contributed by atoms with Crippen LogP contribution in [0.4, 0.5) is 11.6 Å². The number of rotatable bonds is 2. The van der Waals surface area contributed by atoms with Gasteiger partial charge in [0.25, 0.3) is 5.56 Å². The van der Waals surface area contributed by atoms with Crippen LogP contribution in [-0.4, -0.2) is 14.4 Å². The molecule has 0 aliphatic heterocycles. The first-order chi connectivity index (χ1) is 13.2. The number of hydrogen-bond donors (Lipinski definition) is 1. The molecule has 0 radical (unpaired) electrons. The minimum Gasteiger partial charge on any atom is -0.325 e. The summed E-state index contributed by atoms with van der Waals surface area (Å²) in [4.78, 5) is 21.7. The molecule has 0 aliphatic rings. The Labute approximate surface area is 158 Å². The molecular weight excluding hydrogens is 360 g/mol. The second-order valence-electron chi connectivity index (χ2n) is 6.18. The van der Waals surface area contributed by atoms with E-state index in [1.54, 1.807) is 6.07 Å². The lowest BCUT2D eigenvalue weighted by Gasteiger charge is -2.14. The summed E-state index contributed by atoms with van der Waals surface area (Å²) in [6, 6.07) is 22.4. The Morgan fingerprint density at radius 2 is 1.52 bits per heavy atom. The van der Waals surface area contributed by atoms with Crippen molar-refractivity contribution < 1.29 is 0 Å². The predicted molar refractivity (Wildman–Crippen MR) is 109 cm³/mol. The molecule has 0 spiro atoms. The second kappa shape index (κ2) is 6.07. The van der Waals surface area contributed by atoms with Crippen LogP contribution in [0, 0.1) is 0 Å². The quantitative estimate of drug-likeness (QED) is 0.452. The Kier molecular flexibility index (Phi) is 3.55. The number of nitrogens with one attached hydrogen (secondary N) is 1. The van der Waals surface area contributed by atoms with Crippen molar-refractivity contribution >= 4 is 50.7 Å². The van der Waals surface area contributed by atoms with Crippen LogP contribution in [-0.2, 0) is 0 Å². The van der Waals surface area contributed by atoms with Crippen LogP contribution in [0.25, 0.3) is 27.5 Å². The average Bonchev–Trinajstić information content (AvgIpc) is 2.70. The maximum atomic E-state index is 12.6. The normalized spacial score (nSPS) is 11.3. The van der Waals surface area contributed by atoms with Crippen LogP contribution in [0.5, 0.6) is 0 Å². The fourth-order valence-corrected chi connectivity index (χ4v) is 3.36. The second-order valence-corrected chi connectivity index (χ2v) is 6.61. The number of halogens is 1. The smallest absolute Gasteiger partial charge is 0.281 e. The summed E-state index contributed by atoms with van der Waals surface area (Å²) in [5.74, 6) is 0.578. The third kappa shape index (κ3) is 2.60. The van der Waals surface area contributed by atoms with E-state index < -0.39 is 0 Å². The van der Waals surface area contributed by atoms with Gasteiger partial charge in [0.2, 0.25) is 5.95 Å². The number of aromatic nitrogens is 3. The monoisotopic (exact) mass is 372 g/mol. The van der Waals surface area contributed by atoms with Gasteiger partial charge < -0.3 is 5.32 Å². The molecule has 27 heavy (non-hydrogen) atoms. The molecule has 0 saturated heterocycles. The van der Waals surface area contributed by atoms with Crippen LogP contribution in [0.3, 0.4) is 0 Å². The van der Waals surface area contributed by atoms with Crippen molar-refractivity contribution in [1.29, 1.82) is 0 Å². The van der Waals surface area contributed by atoms with Crippen molar-refractivity contribution in [2.45, 2.75) is 0 Å². The summed E-state index contributed by atoms with van der Waals surface area (Å²) in [7, 11) is 0. The van der Waals surface area contributed by atoms with Crippen molar-refractivity contribution in [2.24, 2.45) is 0 Å². The molecule has 2 aromatic heterocycles. The molecule has 0 bridgehead atoms. The van der Waals surface area contributed by atoms with Gasteiger partial charge in [0.15, 0.2) is 5.65 Å². The minimum absolute atomic E-state index is 0.251. The number of para-hydroxylation sites is 2. The Bertz CT molecular complexity index is 1380. The SMILES string of the molecule is O=c1nc2c3ccccc3nc(Nc3ccc(Cl)cc3)n2c2ccccc12. The standard InChI is InChI=1S/C21H13ClN4O/c22-13-9-11-14(12-10-13)23-21-24-17-7-3-1-5-15(17)19-25-20(27)16-6-2-4-8-18(16)26(19)21/h1-12H,(H,23,24). The highest BCUT2D eigenvalue weighted by molar-refractivity contribution is 6.30. The van der Waals surface area contributed by atoms with E-state index in [1.165, 1.54) is 0 Å². The first-order valence-corrected chi connectivity index (χ1v) is 8.81. The Hall–Kier alpha value is -3.44. The highest BCUT2D eigenvalue weighted by Crippen LogP contribution is 2.26. The van der Waals surface area contributed by atoms with Gasteiger partial charge in [-0.2, -0.15) is 4.98 Å². The molecule has 3 aromatic carbocycles. The molecule has 0 unspecified atom stereocenters. The van der Waals surface area contributed by atoms with Crippen LogP contribution in [0.2, 0.25) is 5.02 Å². The molecule has 5 aromatic rings. The van der Waals surface area contributed by atoms with Gasteiger partial charge in [0.1, 0.15) is 0 Å². The van der Waals surface area contributed by atoms with Gasteiger partial charge >= 0.3 is 0 Å². The molecule has 5 rings (SSSR count). The lowest BCUT2D eigenvalue weighted by Crippen LogP contribution is -2.14. The number of fused-ring (bicyclic) bond motifs is 5. The number of anilines is 2. The zero-order chi connectivity index (χ0) is 18.4. The third-order valence-corrected chi connectivity index (χ3v) is 4.73. The van der Waals surface area contributed by atoms with E-state index in [-0.39, 0.29) is 5.56 Å². The van der Waals surface area contributed by atoms with Gasteiger partial charge in [0.05, 0.1) is 16.4 Å². The van der Waals surface area contributed by atoms with Gasteiger partial charge in [-0.15, -0.1) is 0 Å². The first-order valence-electron chi connectivity index (χ1n) is 8.43. The van der Waals surface area contributed by atoms with E-state index in [1.807, 2.05) is 71.1 Å². The van der Waals surface area contributed by atoms with E-state index in [0.717, 1.165) is 22.1 Å². The Balaban J connectivity index is 1.91. The van der Waals surface area contributed by atoms with Crippen LogP contribution in [0.1, 0.15) is 0 Å². The zero-order valence-electron chi connectivity index (χ0n) is 14.1. The highest BCUT2D eigenvalue weighted by Gasteiger charge is 2.13. The van der Waals surface area contributed by atoms with Gasteiger partial charge in [-0.05, 0) is 48.5 Å². The fourth-order valence-electron chi connectivity index (χ4n) is 3.24. The van der Waals surface area contributed by atoms with Crippen molar-refractivity contribution in [3.8, 4) is 0 Å². The van der Waals surface area contributed by atoms with Crippen molar-refractivity contribution in [3.05, 3.63) is 88.2 Å². The summed E-state index contributed by atoms with van der Waals surface area (Å²) in [5, 5.41) is 5.36. The minimum atomic E-state index is -0.251. The predicted octanol–water partition coefficient (Wildman–Crippen LogP) is 4.79. The molecule has 0 amide bonds. The zero-order valence-corrected chi connectivity index (χ0v) is 14.8. The highest BCUT2D eigenvalue weighted by atomic mass is 35.5. The third-order valence-electron chi connectivity index (χ3n) is 4.48. The molecule has 130 valence electrons. The molecule has 1 N–H and O–H groups in total. The molecule has 0 fully saturated rings. The summed E-state index contributed by atoms with van der Waals surface area (Å²) in [5.41, 5.74) is 2.67. The Morgan fingerprint density at radius 3 is 2.33 bits per heavy atom. The first kappa shape index (κ1) is 15.8. The molecule has 0 saturated carbocycles. The summed E-state index contributed by atoms with van der Waals surface area (Å²) in [6.45, 7) is 0. The van der Waals surface area contributed by atoms with Gasteiger partial charge in [-0.3, -0.25) is 9.20 Å². The largest absolute Gasteiger partial charge is 0.325 e. The van der Waals surface area contributed by atoms with Crippen molar-refractivity contribution in [2.75, 3.05) is 5.32 Å². The molecule has 6 heteroatoms. The van der Waals surface area contributed by atoms with Gasteiger partial charge in [-0.25, -0.2) is 4.98 Å². The van der Waals surface area contributed by atoms with E-state index in [4.69, 9.17) is 16.6 Å². The van der Waals surface area contributed by atoms with E-state index >= 15 is 0 Å². The van der Waals surface area contributed by atoms with Crippen LogP contribution >= 0.6 is 11.6 Å². The molecule has 5 nitrogen and oxygen atoms in total. The van der Waals surface area contributed by atoms with Crippen LogP contribution in [0.15, 0.2) is 77.6 Å². The number of hydrogen-bond acceptors (Lipinski definition) is 4. The van der Waals surface area contributed by atoms with Gasteiger partial charge in [-0.1, -0.05) is 35.9 Å². The lowest BCUT2D eigenvalue weighted by molar-refractivity contribution is 1.10. The summed E-state index contributed by atoms with van der Waals surface area (Å²) in [6.07, 6.45) is 0. The molecule has 2 heterocycles. The molecular formula is C21H13ClN4O. The number of nitrogens with zero attached hydrogens (tertiary/aromatic N) is 3. The maximum Gasteiger partial charge on any atom is 0.281 e. The molecule has 0 aliphatic carbocycles. The fraction of sp³-hybridized carbons (Fsp3) is 0. The van der Waals surface area contributed by atoms with E-state index in [2.05, 4.69) is 10.3 Å². The number of benzene rings is 3. The van der Waals surface area contributed by atoms with E-state index in [9.17, 15) is 4.79 Å². The van der Waals surface area contributed by atoms with Crippen LogP contribution < -0.4 is 10.9 Å². The van der Waals surface area contributed by atoms with Gasteiger partial charge in [0, 0.05) is 16.1 Å². The van der Waals surface area contributed by atoms with E-state index in [0.29, 0.717) is 22.0 Å². The summed E-state index contributed by atoms with van der Waals surface area (Å²) < 4.78 is 1.88. The summed E-state index contributed by atoms with van der Waals surface area (Å²) >= 11 is 5.99. The topological polar surface area (TPSA) is 59.3 Å². The van der Waals surface area contributed by atoms with Crippen molar-refractivity contribution in [1.82, 2.24) is 14.4 Å². The lowest BCUT2D eigenvalue weighted by atomic mass is 10.2.